The number of ether oxygens (including phenoxy) is 6. The molecule has 15 heteroatoms. The molecule has 3 heterocycles. The van der Waals surface area contributed by atoms with Crippen molar-refractivity contribution in [2.24, 2.45) is 0 Å². The fraction of sp³-hybridized carbons (Fsp3) is 0.750. The van der Waals surface area contributed by atoms with Crippen LogP contribution in [0.25, 0.3) is 0 Å². The molecule has 222 valence electrons. The number of aliphatic hydroxyl groups is 9. The Kier molecular flexibility index (Phi) is 10.6. The molecule has 0 amide bonds. The molecule has 39 heavy (non-hydrogen) atoms. The zero-order valence-corrected chi connectivity index (χ0v) is 20.8. The summed E-state index contributed by atoms with van der Waals surface area (Å²) in [5, 5.41) is 91.2. The molecular formula is C24H36O15. The molecule has 0 spiro atoms. The Balaban J connectivity index is 1.47. The Morgan fingerprint density at radius 1 is 0.667 bits per heavy atom. The molecule has 3 aliphatic rings. The van der Waals surface area contributed by atoms with Crippen LogP contribution in [0.2, 0.25) is 0 Å². The lowest BCUT2D eigenvalue weighted by molar-refractivity contribution is -0.372. The van der Waals surface area contributed by atoms with Crippen LogP contribution in [-0.2, 0) is 35.0 Å². The van der Waals surface area contributed by atoms with Crippen molar-refractivity contribution >= 4 is 0 Å². The second-order valence-electron chi connectivity index (χ2n) is 9.70. The number of rotatable bonds is 9. The van der Waals surface area contributed by atoms with E-state index in [9.17, 15) is 46.0 Å². The highest BCUT2D eigenvalue weighted by Crippen LogP contribution is 2.31. The monoisotopic (exact) mass is 564 g/mol. The van der Waals surface area contributed by atoms with Crippen molar-refractivity contribution in [2.45, 2.75) is 92.6 Å². The van der Waals surface area contributed by atoms with Crippen molar-refractivity contribution in [1.29, 1.82) is 0 Å². The maximum atomic E-state index is 11.0. The fourth-order valence-corrected chi connectivity index (χ4v) is 4.52. The van der Waals surface area contributed by atoms with Crippen molar-refractivity contribution in [2.75, 3.05) is 19.8 Å². The van der Waals surface area contributed by atoms with Crippen molar-refractivity contribution in [3.8, 4) is 0 Å². The third-order valence-corrected chi connectivity index (χ3v) is 6.92. The normalized spacial score (nSPS) is 45.3. The van der Waals surface area contributed by atoms with E-state index in [1.165, 1.54) is 0 Å². The third kappa shape index (κ3) is 6.92. The van der Waals surface area contributed by atoms with E-state index in [0.29, 0.717) is 0 Å². The minimum Gasteiger partial charge on any atom is -0.394 e. The Morgan fingerprint density at radius 2 is 1.31 bits per heavy atom. The van der Waals surface area contributed by atoms with Crippen LogP contribution in [0.3, 0.4) is 0 Å². The van der Waals surface area contributed by atoms with Gasteiger partial charge in [0.1, 0.15) is 67.1 Å². The van der Waals surface area contributed by atoms with Gasteiger partial charge in [0.2, 0.25) is 0 Å². The van der Waals surface area contributed by atoms with Gasteiger partial charge in [-0.2, -0.15) is 0 Å². The van der Waals surface area contributed by atoms with E-state index in [0.717, 1.165) is 5.56 Å². The number of aliphatic hydroxyl groups excluding tert-OH is 9. The van der Waals surface area contributed by atoms with Crippen molar-refractivity contribution in [1.82, 2.24) is 0 Å². The van der Waals surface area contributed by atoms with E-state index in [4.69, 9.17) is 28.4 Å². The van der Waals surface area contributed by atoms with E-state index in [-0.39, 0.29) is 13.2 Å². The summed E-state index contributed by atoms with van der Waals surface area (Å²) in [4.78, 5) is 0. The maximum absolute atomic E-state index is 11.0. The van der Waals surface area contributed by atoms with E-state index >= 15 is 0 Å². The largest absolute Gasteiger partial charge is 0.394 e. The smallest absolute Gasteiger partial charge is 0.187 e. The quantitative estimate of drug-likeness (QED) is 0.137. The molecule has 15 nitrogen and oxygen atoms in total. The van der Waals surface area contributed by atoms with E-state index < -0.39 is 99.2 Å². The van der Waals surface area contributed by atoms with Gasteiger partial charge < -0.3 is 74.4 Å². The molecule has 0 saturated carbocycles. The van der Waals surface area contributed by atoms with E-state index in [1.54, 1.807) is 30.3 Å². The summed E-state index contributed by atoms with van der Waals surface area (Å²) >= 11 is 0. The summed E-state index contributed by atoms with van der Waals surface area (Å²) in [5.74, 6) is 0. The molecule has 0 aliphatic carbocycles. The Labute approximate surface area is 223 Å². The van der Waals surface area contributed by atoms with Crippen LogP contribution in [0.15, 0.2) is 30.3 Å². The van der Waals surface area contributed by atoms with Gasteiger partial charge in [0, 0.05) is 0 Å². The Hall–Kier alpha value is -1.38. The molecule has 0 aromatic heterocycles. The van der Waals surface area contributed by atoms with Gasteiger partial charge >= 0.3 is 0 Å². The van der Waals surface area contributed by atoms with Crippen LogP contribution < -0.4 is 0 Å². The summed E-state index contributed by atoms with van der Waals surface area (Å²) < 4.78 is 33.3. The average molecular weight is 565 g/mol. The van der Waals surface area contributed by atoms with Gasteiger partial charge in [0.25, 0.3) is 0 Å². The molecule has 3 fully saturated rings. The highest BCUT2D eigenvalue weighted by atomic mass is 16.8. The van der Waals surface area contributed by atoms with Crippen LogP contribution in [0.1, 0.15) is 5.56 Å². The summed E-state index contributed by atoms with van der Waals surface area (Å²) in [6, 6.07) is 8.89. The molecule has 4 rings (SSSR count). The van der Waals surface area contributed by atoms with E-state index in [2.05, 4.69) is 0 Å². The lowest BCUT2D eigenvalue weighted by Gasteiger charge is -2.46. The first kappa shape index (κ1) is 30.6. The zero-order valence-electron chi connectivity index (χ0n) is 20.8. The van der Waals surface area contributed by atoms with Crippen LogP contribution in [-0.4, -0.2) is 152 Å². The summed E-state index contributed by atoms with van der Waals surface area (Å²) in [6.07, 6.45) is -21.4. The number of benzene rings is 1. The van der Waals surface area contributed by atoms with Crippen LogP contribution in [0.5, 0.6) is 0 Å². The average Bonchev–Trinajstić information content (AvgIpc) is 2.94. The first-order valence-electron chi connectivity index (χ1n) is 12.5. The van der Waals surface area contributed by atoms with Crippen LogP contribution in [0.4, 0.5) is 0 Å². The molecule has 3 aliphatic heterocycles. The standard InChI is InChI=1S/C24H36O15/c25-6-12-15(28)17(30)20(33)23(37-12)39-21-18(31)16(29)13(9-36-22-19(32)14(27)11(26)8-35-22)38-24(21)34-7-10-4-2-1-3-5-10/h1-5,11-33H,6-9H2/t11-,12+,13+,14-,15+,16+,17-,18-,19+,20+,21+,22-,23-,24+/m0/s1. The number of hydrogen-bond donors (Lipinski definition) is 9. The molecular weight excluding hydrogens is 528 g/mol. The maximum Gasteiger partial charge on any atom is 0.187 e. The summed E-state index contributed by atoms with van der Waals surface area (Å²) in [5.41, 5.74) is 0.729. The second-order valence-corrected chi connectivity index (χ2v) is 9.70. The van der Waals surface area contributed by atoms with Gasteiger partial charge in [-0.1, -0.05) is 30.3 Å². The van der Waals surface area contributed by atoms with Crippen LogP contribution >= 0.6 is 0 Å². The van der Waals surface area contributed by atoms with Gasteiger partial charge in [0.05, 0.1) is 26.4 Å². The summed E-state index contributed by atoms with van der Waals surface area (Å²) in [7, 11) is 0. The molecule has 0 bridgehead atoms. The molecule has 14 atom stereocenters. The van der Waals surface area contributed by atoms with E-state index in [1.807, 2.05) is 0 Å². The van der Waals surface area contributed by atoms with Gasteiger partial charge in [-0.05, 0) is 5.56 Å². The predicted molar refractivity (Wildman–Crippen MR) is 124 cm³/mol. The Bertz CT molecular complexity index is 876. The molecule has 0 unspecified atom stereocenters. The van der Waals surface area contributed by atoms with Gasteiger partial charge in [-0.3, -0.25) is 0 Å². The summed E-state index contributed by atoms with van der Waals surface area (Å²) in [6.45, 7) is -1.48. The molecule has 3 saturated heterocycles. The van der Waals surface area contributed by atoms with Gasteiger partial charge in [-0.15, -0.1) is 0 Å². The van der Waals surface area contributed by atoms with Crippen molar-refractivity contribution in [3.63, 3.8) is 0 Å². The minimum atomic E-state index is -1.78. The molecule has 0 radical (unpaired) electrons. The van der Waals surface area contributed by atoms with Gasteiger partial charge in [-0.25, -0.2) is 0 Å². The lowest BCUT2D eigenvalue weighted by atomic mass is 9.97. The SMILES string of the molecule is OC[C@H]1O[C@@H](O[C@H]2[C@H](OCc3ccccc3)O[C@H](CO[C@@H]3OC[C@H](O)[C@H](O)[C@H]3O)[C@@H](O)[C@@H]2O)[C@H](O)[C@@H](O)[C@@H]1O. The topological polar surface area (TPSA) is 237 Å². The van der Waals surface area contributed by atoms with Crippen LogP contribution in [0, 0.1) is 0 Å². The first-order chi connectivity index (χ1) is 18.6. The van der Waals surface area contributed by atoms with Crippen molar-refractivity contribution < 1.29 is 74.4 Å². The predicted octanol–water partition coefficient (Wildman–Crippen LogP) is -4.71. The Morgan fingerprint density at radius 3 is 2.00 bits per heavy atom. The zero-order chi connectivity index (χ0) is 28.3. The highest BCUT2D eigenvalue weighted by Gasteiger charge is 2.51. The fourth-order valence-electron chi connectivity index (χ4n) is 4.52. The minimum absolute atomic E-state index is 0.0228. The lowest BCUT2D eigenvalue weighted by Crippen LogP contribution is -2.65. The second kappa shape index (κ2) is 13.5. The molecule has 9 N–H and O–H groups in total. The van der Waals surface area contributed by atoms with Crippen molar-refractivity contribution in [3.05, 3.63) is 35.9 Å². The molecule has 1 aromatic rings. The highest BCUT2D eigenvalue weighted by molar-refractivity contribution is 5.13. The number of hydrogen-bond acceptors (Lipinski definition) is 15. The molecule has 1 aromatic carbocycles. The first-order valence-corrected chi connectivity index (χ1v) is 12.5. The van der Waals surface area contributed by atoms with Gasteiger partial charge in [0.15, 0.2) is 18.9 Å². The third-order valence-electron chi connectivity index (χ3n) is 6.92.